The molecule has 0 aliphatic rings. The van der Waals surface area contributed by atoms with Crippen LogP contribution in [0.25, 0.3) is 0 Å². The summed E-state index contributed by atoms with van der Waals surface area (Å²) in [5, 5.41) is 2.17. The van der Waals surface area contributed by atoms with Crippen LogP contribution in [0.1, 0.15) is 0 Å². The second-order valence-electron chi connectivity index (χ2n) is 2.31. The first-order valence-electron chi connectivity index (χ1n) is 3.45. The molecule has 0 unspecified atom stereocenters. The zero-order valence-electron chi connectivity index (χ0n) is 6.50. The fraction of sp³-hybridized carbons (Fsp3) is 0.111. The molecular weight excluding hydrogens is 172 g/mol. The molecule has 0 radical (unpaired) electrons. The van der Waals surface area contributed by atoms with Crippen molar-refractivity contribution in [2.45, 2.75) is 0 Å². The van der Waals surface area contributed by atoms with Crippen molar-refractivity contribution in [1.29, 1.82) is 0 Å². The summed E-state index contributed by atoms with van der Waals surface area (Å²) in [6.07, 6.45) is 5.10. The second-order valence-corrected chi connectivity index (χ2v) is 2.74. The van der Waals surface area contributed by atoms with Crippen LogP contribution in [0.4, 0.5) is 5.69 Å². The van der Waals surface area contributed by atoms with Gasteiger partial charge in [0.25, 0.3) is 0 Å². The highest BCUT2D eigenvalue weighted by molar-refractivity contribution is 6.30. The largest absolute Gasteiger partial charge is 0.299 e. The van der Waals surface area contributed by atoms with Crippen LogP contribution >= 0.6 is 11.6 Å². The number of terminal acetylenes is 1. The smallest absolute Gasteiger partial charge is 0.0947 e. The van der Waals surface area contributed by atoms with Gasteiger partial charge >= 0.3 is 0 Å². The predicted molar refractivity (Wildman–Crippen MR) is 51.8 cm³/mol. The molecule has 0 aliphatic heterocycles. The molecule has 0 amide bonds. The number of benzene rings is 1. The first-order chi connectivity index (χ1) is 5.74. The van der Waals surface area contributed by atoms with E-state index in [0.717, 1.165) is 5.69 Å². The van der Waals surface area contributed by atoms with Gasteiger partial charge in [0.05, 0.1) is 12.2 Å². The van der Waals surface area contributed by atoms with E-state index in [1.807, 2.05) is 12.1 Å². The summed E-state index contributed by atoms with van der Waals surface area (Å²) in [6.45, 7) is 0.391. The maximum atomic E-state index is 5.69. The molecule has 3 heteroatoms. The van der Waals surface area contributed by atoms with Crippen LogP contribution < -0.4 is 10.9 Å². The van der Waals surface area contributed by atoms with Gasteiger partial charge in [-0.05, 0) is 24.3 Å². The third kappa shape index (κ3) is 2.16. The summed E-state index contributed by atoms with van der Waals surface area (Å²) < 4.78 is 0. The third-order valence-electron chi connectivity index (χ3n) is 1.42. The van der Waals surface area contributed by atoms with Gasteiger partial charge in [-0.3, -0.25) is 5.01 Å². The average Bonchev–Trinajstić information content (AvgIpc) is 2.06. The van der Waals surface area contributed by atoms with E-state index in [-0.39, 0.29) is 0 Å². The van der Waals surface area contributed by atoms with Gasteiger partial charge in [0.1, 0.15) is 0 Å². The molecule has 0 saturated carbocycles. The van der Waals surface area contributed by atoms with Crippen molar-refractivity contribution in [3.63, 3.8) is 0 Å². The van der Waals surface area contributed by atoms with E-state index >= 15 is 0 Å². The molecule has 0 heterocycles. The summed E-state index contributed by atoms with van der Waals surface area (Å²) in [6, 6.07) is 7.18. The Hall–Kier alpha value is -1.17. The van der Waals surface area contributed by atoms with E-state index in [1.54, 1.807) is 12.1 Å². The van der Waals surface area contributed by atoms with Gasteiger partial charge in [-0.25, -0.2) is 5.84 Å². The van der Waals surface area contributed by atoms with Crippen LogP contribution in [-0.2, 0) is 0 Å². The molecule has 2 N–H and O–H groups in total. The monoisotopic (exact) mass is 180 g/mol. The van der Waals surface area contributed by atoms with Gasteiger partial charge < -0.3 is 0 Å². The maximum absolute atomic E-state index is 5.69. The maximum Gasteiger partial charge on any atom is 0.0947 e. The Morgan fingerprint density at radius 3 is 2.50 bits per heavy atom. The van der Waals surface area contributed by atoms with E-state index < -0.39 is 0 Å². The lowest BCUT2D eigenvalue weighted by Gasteiger charge is -2.14. The normalized spacial score (nSPS) is 9.08. The minimum atomic E-state index is 0.391. The number of anilines is 1. The number of hydrazine groups is 1. The number of rotatable bonds is 2. The number of hydrogen-bond acceptors (Lipinski definition) is 2. The predicted octanol–water partition coefficient (Wildman–Crippen LogP) is 1.65. The lowest BCUT2D eigenvalue weighted by Crippen LogP contribution is -2.30. The third-order valence-corrected chi connectivity index (χ3v) is 1.67. The Bertz CT molecular complexity index is 286. The SMILES string of the molecule is C#CCN(N)c1ccc(Cl)cc1. The summed E-state index contributed by atoms with van der Waals surface area (Å²) >= 11 is 5.69. The Balaban J connectivity index is 2.76. The number of hydrogen-bond donors (Lipinski definition) is 1. The van der Waals surface area contributed by atoms with Crippen LogP contribution in [0.3, 0.4) is 0 Å². The van der Waals surface area contributed by atoms with Crippen molar-refractivity contribution < 1.29 is 0 Å². The molecule has 2 nitrogen and oxygen atoms in total. The standard InChI is InChI=1S/C9H9ClN2/c1-2-7-12(11)9-5-3-8(10)4-6-9/h1,3-6H,7,11H2. The second kappa shape index (κ2) is 4.01. The van der Waals surface area contributed by atoms with Gasteiger partial charge in [-0.1, -0.05) is 17.5 Å². The van der Waals surface area contributed by atoms with Gasteiger partial charge in [-0.2, -0.15) is 0 Å². The summed E-state index contributed by atoms with van der Waals surface area (Å²) in [4.78, 5) is 0. The molecule has 1 rings (SSSR count). The quantitative estimate of drug-likeness (QED) is 0.426. The first kappa shape index (κ1) is 8.92. The van der Waals surface area contributed by atoms with Crippen molar-refractivity contribution in [2.75, 3.05) is 11.6 Å². The van der Waals surface area contributed by atoms with Gasteiger partial charge in [0, 0.05) is 5.02 Å². The minimum Gasteiger partial charge on any atom is -0.299 e. The fourth-order valence-corrected chi connectivity index (χ4v) is 0.948. The van der Waals surface area contributed by atoms with Crippen LogP contribution in [0, 0.1) is 12.3 Å². The van der Waals surface area contributed by atoms with Gasteiger partial charge in [0.2, 0.25) is 0 Å². The molecule has 0 spiro atoms. The van der Waals surface area contributed by atoms with Crippen molar-refractivity contribution in [3.8, 4) is 12.3 Å². The lowest BCUT2D eigenvalue weighted by atomic mass is 10.3. The van der Waals surface area contributed by atoms with Crippen LogP contribution in [0.5, 0.6) is 0 Å². The minimum absolute atomic E-state index is 0.391. The summed E-state index contributed by atoms with van der Waals surface area (Å²) in [5.74, 6) is 8.05. The van der Waals surface area contributed by atoms with E-state index in [0.29, 0.717) is 11.6 Å². The van der Waals surface area contributed by atoms with Crippen molar-refractivity contribution in [2.24, 2.45) is 5.84 Å². The lowest BCUT2D eigenvalue weighted by molar-refractivity contribution is 0.955. The zero-order chi connectivity index (χ0) is 8.97. The topological polar surface area (TPSA) is 29.3 Å². The highest BCUT2D eigenvalue weighted by Gasteiger charge is 1.97. The summed E-state index contributed by atoms with van der Waals surface area (Å²) in [5.41, 5.74) is 0.859. The molecule has 0 saturated heterocycles. The average molecular weight is 181 g/mol. The molecule has 0 bridgehead atoms. The van der Waals surface area contributed by atoms with Crippen LogP contribution in [0.15, 0.2) is 24.3 Å². The van der Waals surface area contributed by atoms with Crippen LogP contribution in [0.2, 0.25) is 5.02 Å². The number of nitrogens with zero attached hydrogens (tertiary/aromatic N) is 1. The molecule has 0 aromatic heterocycles. The van der Waals surface area contributed by atoms with E-state index in [2.05, 4.69) is 5.92 Å². The first-order valence-corrected chi connectivity index (χ1v) is 3.83. The molecular formula is C9H9ClN2. The molecule has 0 atom stereocenters. The Kier molecular flexibility index (Phi) is 2.98. The van der Waals surface area contributed by atoms with E-state index in [1.165, 1.54) is 5.01 Å². The highest BCUT2D eigenvalue weighted by atomic mass is 35.5. The van der Waals surface area contributed by atoms with Crippen molar-refractivity contribution in [1.82, 2.24) is 0 Å². The molecule has 62 valence electrons. The molecule has 1 aromatic rings. The van der Waals surface area contributed by atoms with Gasteiger partial charge in [0.15, 0.2) is 0 Å². The van der Waals surface area contributed by atoms with E-state index in [9.17, 15) is 0 Å². The van der Waals surface area contributed by atoms with Crippen molar-refractivity contribution in [3.05, 3.63) is 29.3 Å². The Morgan fingerprint density at radius 1 is 1.42 bits per heavy atom. The Morgan fingerprint density at radius 2 is 2.00 bits per heavy atom. The molecule has 0 fully saturated rings. The number of halogens is 1. The van der Waals surface area contributed by atoms with Crippen molar-refractivity contribution >= 4 is 17.3 Å². The molecule has 12 heavy (non-hydrogen) atoms. The fourth-order valence-electron chi connectivity index (χ4n) is 0.822. The van der Waals surface area contributed by atoms with Crippen LogP contribution in [-0.4, -0.2) is 6.54 Å². The van der Waals surface area contributed by atoms with E-state index in [4.69, 9.17) is 23.9 Å². The highest BCUT2D eigenvalue weighted by Crippen LogP contribution is 2.14. The summed E-state index contributed by atoms with van der Waals surface area (Å²) in [7, 11) is 0. The Labute approximate surface area is 76.9 Å². The molecule has 1 aromatic carbocycles. The molecule has 0 aliphatic carbocycles. The number of nitrogens with two attached hydrogens (primary N) is 1. The zero-order valence-corrected chi connectivity index (χ0v) is 7.25. The van der Waals surface area contributed by atoms with Gasteiger partial charge in [-0.15, -0.1) is 6.42 Å².